The smallest absolute Gasteiger partial charge is 0.326 e. The van der Waals surface area contributed by atoms with Crippen LogP contribution in [0.1, 0.15) is 33.5 Å². The molecule has 180 valence electrons. The molecule has 2 aromatic heterocycles. The van der Waals surface area contributed by atoms with Crippen molar-refractivity contribution in [2.75, 3.05) is 10.6 Å². The number of hydrogen-bond donors (Lipinski definition) is 4. The number of rotatable bonds is 9. The number of aromatic nitrogens is 2. The van der Waals surface area contributed by atoms with Crippen LogP contribution in [0.2, 0.25) is 0 Å². The fraction of sp³-hybridized carbons (Fsp3) is 0.241. The highest BCUT2D eigenvalue weighted by Gasteiger charge is 2.20. The average molecular weight is 469 g/mol. The number of carboxylic acid groups (broad SMARTS) is 1. The predicted molar refractivity (Wildman–Crippen MR) is 142 cm³/mol. The van der Waals surface area contributed by atoms with Crippen molar-refractivity contribution in [2.24, 2.45) is 0 Å². The van der Waals surface area contributed by atoms with Gasteiger partial charge in [-0.3, -0.25) is 0 Å². The van der Waals surface area contributed by atoms with E-state index in [-0.39, 0.29) is 0 Å². The van der Waals surface area contributed by atoms with E-state index in [2.05, 4.69) is 44.9 Å². The summed E-state index contributed by atoms with van der Waals surface area (Å²) in [6.07, 6.45) is 2.19. The lowest BCUT2D eigenvalue weighted by atomic mass is 10.0. The summed E-state index contributed by atoms with van der Waals surface area (Å²) >= 11 is 0. The SMILES string of the molecule is Cc1ccnc(NCc2ccc(-c3ccc(CC(Nc4c(C)cc(C)cc4C)C(=O)O)cc3)[nH]2)c1. The summed E-state index contributed by atoms with van der Waals surface area (Å²) in [7, 11) is 0. The van der Waals surface area contributed by atoms with Crippen LogP contribution in [0.15, 0.2) is 66.9 Å². The normalized spacial score (nSPS) is 11.8. The van der Waals surface area contributed by atoms with E-state index in [0.717, 1.165) is 45.1 Å². The van der Waals surface area contributed by atoms with Gasteiger partial charge in [0.15, 0.2) is 0 Å². The monoisotopic (exact) mass is 468 g/mol. The maximum absolute atomic E-state index is 12.0. The first kappa shape index (κ1) is 24.1. The number of nitrogens with zero attached hydrogens (tertiary/aromatic N) is 1. The summed E-state index contributed by atoms with van der Waals surface area (Å²) in [5, 5.41) is 16.4. The van der Waals surface area contributed by atoms with Crippen LogP contribution in [0, 0.1) is 27.7 Å². The van der Waals surface area contributed by atoms with Crippen molar-refractivity contribution >= 4 is 17.5 Å². The van der Waals surface area contributed by atoms with Crippen molar-refractivity contribution in [3.05, 3.63) is 100 Å². The molecular formula is C29H32N4O2. The standard InChI is InChI=1S/C29H32N4O2/c1-18-11-12-30-27(15-18)31-17-24-9-10-25(32-24)23-7-5-22(6-8-23)16-26(29(34)35)33-28-20(3)13-19(2)14-21(28)4/h5-15,26,32-33H,16-17H2,1-4H3,(H,30,31)(H,34,35). The lowest BCUT2D eigenvalue weighted by molar-refractivity contribution is -0.137. The van der Waals surface area contributed by atoms with Gasteiger partial charge >= 0.3 is 5.97 Å². The number of benzene rings is 2. The number of H-pyrrole nitrogens is 1. The molecule has 4 rings (SSSR count). The molecular weight excluding hydrogens is 436 g/mol. The number of nitrogens with one attached hydrogen (secondary N) is 3. The summed E-state index contributed by atoms with van der Waals surface area (Å²) < 4.78 is 0. The molecule has 4 aromatic rings. The summed E-state index contributed by atoms with van der Waals surface area (Å²) in [5.41, 5.74) is 9.44. The molecule has 35 heavy (non-hydrogen) atoms. The second-order valence-electron chi connectivity index (χ2n) is 9.18. The fourth-order valence-electron chi connectivity index (χ4n) is 4.37. The topological polar surface area (TPSA) is 90.0 Å². The Morgan fingerprint density at radius 2 is 1.66 bits per heavy atom. The number of anilines is 2. The van der Waals surface area contributed by atoms with E-state index in [4.69, 9.17) is 0 Å². The summed E-state index contributed by atoms with van der Waals surface area (Å²) in [6.45, 7) is 8.76. The molecule has 0 aliphatic rings. The molecule has 0 bridgehead atoms. The minimum absolute atomic E-state index is 0.395. The summed E-state index contributed by atoms with van der Waals surface area (Å²) in [6, 6.07) is 19.6. The van der Waals surface area contributed by atoms with Crippen LogP contribution in [0.25, 0.3) is 11.3 Å². The van der Waals surface area contributed by atoms with Crippen LogP contribution in [0.5, 0.6) is 0 Å². The van der Waals surface area contributed by atoms with Crippen molar-refractivity contribution < 1.29 is 9.90 Å². The van der Waals surface area contributed by atoms with E-state index in [1.807, 2.05) is 64.1 Å². The maximum atomic E-state index is 12.0. The molecule has 6 heteroatoms. The zero-order valence-corrected chi connectivity index (χ0v) is 20.6. The number of aliphatic carboxylic acids is 1. The molecule has 0 fully saturated rings. The Hall–Kier alpha value is -4.06. The number of carboxylic acids is 1. The van der Waals surface area contributed by atoms with Crippen molar-refractivity contribution in [1.82, 2.24) is 9.97 Å². The molecule has 2 heterocycles. The van der Waals surface area contributed by atoms with Gasteiger partial charge in [-0.1, -0.05) is 42.0 Å². The van der Waals surface area contributed by atoms with E-state index in [1.54, 1.807) is 6.20 Å². The van der Waals surface area contributed by atoms with E-state index >= 15 is 0 Å². The molecule has 1 atom stereocenters. The van der Waals surface area contributed by atoms with Gasteiger partial charge in [-0.05, 0) is 79.8 Å². The molecule has 0 saturated heterocycles. The quantitative estimate of drug-likeness (QED) is 0.241. The van der Waals surface area contributed by atoms with E-state index < -0.39 is 12.0 Å². The lowest BCUT2D eigenvalue weighted by Crippen LogP contribution is -2.32. The van der Waals surface area contributed by atoms with Crippen molar-refractivity contribution in [3.8, 4) is 11.3 Å². The highest BCUT2D eigenvalue weighted by Crippen LogP contribution is 2.25. The Morgan fingerprint density at radius 1 is 0.943 bits per heavy atom. The second-order valence-corrected chi connectivity index (χ2v) is 9.18. The van der Waals surface area contributed by atoms with Gasteiger partial charge in [0.2, 0.25) is 0 Å². The van der Waals surface area contributed by atoms with E-state index in [1.165, 1.54) is 11.1 Å². The van der Waals surface area contributed by atoms with Gasteiger partial charge in [-0.15, -0.1) is 0 Å². The third kappa shape index (κ3) is 6.09. The van der Waals surface area contributed by atoms with Gasteiger partial charge in [-0.2, -0.15) is 0 Å². The average Bonchev–Trinajstić information content (AvgIpc) is 3.28. The number of aryl methyl sites for hydroxylation is 4. The molecule has 1 unspecified atom stereocenters. The molecule has 0 amide bonds. The first-order valence-corrected chi connectivity index (χ1v) is 11.8. The van der Waals surface area contributed by atoms with Gasteiger partial charge in [0, 0.05) is 29.7 Å². The van der Waals surface area contributed by atoms with E-state index in [0.29, 0.717) is 13.0 Å². The number of hydrogen-bond acceptors (Lipinski definition) is 4. The van der Waals surface area contributed by atoms with Crippen LogP contribution in [-0.2, 0) is 17.8 Å². The van der Waals surface area contributed by atoms with Gasteiger partial charge in [0.25, 0.3) is 0 Å². The van der Waals surface area contributed by atoms with Crippen molar-refractivity contribution in [2.45, 2.75) is 46.7 Å². The Labute approximate surface area is 206 Å². The van der Waals surface area contributed by atoms with Crippen LogP contribution >= 0.6 is 0 Å². The number of pyridine rings is 1. The zero-order valence-electron chi connectivity index (χ0n) is 20.6. The predicted octanol–water partition coefficient (Wildman–Crippen LogP) is 6.03. The zero-order chi connectivity index (χ0) is 24.9. The molecule has 6 nitrogen and oxygen atoms in total. The molecule has 0 aliphatic heterocycles. The van der Waals surface area contributed by atoms with Crippen LogP contribution in [-0.4, -0.2) is 27.1 Å². The minimum Gasteiger partial charge on any atom is -0.480 e. The Bertz CT molecular complexity index is 1300. The first-order valence-electron chi connectivity index (χ1n) is 11.8. The molecule has 0 aliphatic carbocycles. The van der Waals surface area contributed by atoms with Gasteiger partial charge in [0.05, 0.1) is 6.54 Å². The van der Waals surface area contributed by atoms with Crippen LogP contribution in [0.4, 0.5) is 11.5 Å². The van der Waals surface area contributed by atoms with Gasteiger partial charge < -0.3 is 20.7 Å². The van der Waals surface area contributed by atoms with E-state index in [9.17, 15) is 9.90 Å². The highest BCUT2D eigenvalue weighted by atomic mass is 16.4. The molecule has 0 spiro atoms. The number of aromatic amines is 1. The lowest BCUT2D eigenvalue weighted by Gasteiger charge is -2.20. The van der Waals surface area contributed by atoms with Gasteiger partial charge in [0.1, 0.15) is 11.9 Å². The highest BCUT2D eigenvalue weighted by molar-refractivity contribution is 5.79. The van der Waals surface area contributed by atoms with Crippen molar-refractivity contribution in [3.63, 3.8) is 0 Å². The third-order valence-corrected chi connectivity index (χ3v) is 6.12. The summed E-state index contributed by atoms with van der Waals surface area (Å²) in [4.78, 5) is 19.8. The minimum atomic E-state index is -0.863. The molecule has 0 saturated carbocycles. The Kier molecular flexibility index (Phi) is 7.20. The third-order valence-electron chi connectivity index (χ3n) is 6.12. The van der Waals surface area contributed by atoms with Crippen LogP contribution in [0.3, 0.4) is 0 Å². The molecule has 0 radical (unpaired) electrons. The Balaban J connectivity index is 1.41. The first-order chi connectivity index (χ1) is 16.8. The molecule has 2 aromatic carbocycles. The largest absolute Gasteiger partial charge is 0.480 e. The maximum Gasteiger partial charge on any atom is 0.326 e. The fourth-order valence-corrected chi connectivity index (χ4v) is 4.37. The summed E-state index contributed by atoms with van der Waals surface area (Å²) in [5.74, 6) is -0.0128. The van der Waals surface area contributed by atoms with Gasteiger partial charge in [-0.25, -0.2) is 9.78 Å². The molecule has 4 N–H and O–H groups in total. The second kappa shape index (κ2) is 10.5. The number of carbonyl (C=O) groups is 1. The van der Waals surface area contributed by atoms with Crippen LogP contribution < -0.4 is 10.6 Å². The Morgan fingerprint density at radius 3 is 2.31 bits per heavy atom. The van der Waals surface area contributed by atoms with Crippen molar-refractivity contribution in [1.29, 1.82) is 0 Å².